The molecule has 0 bridgehead atoms. The minimum atomic E-state index is -0.894. The van der Waals surface area contributed by atoms with Crippen molar-refractivity contribution in [2.75, 3.05) is 7.11 Å². The number of rotatable bonds is 6. The third-order valence-corrected chi connectivity index (χ3v) is 3.03. The molecule has 120 valence electrons. The average Bonchev–Trinajstić information content (AvgIpc) is 2.58. The molecule has 0 saturated carbocycles. The van der Waals surface area contributed by atoms with Crippen LogP contribution >= 0.6 is 0 Å². The maximum absolute atomic E-state index is 12.3. The highest BCUT2D eigenvalue weighted by Crippen LogP contribution is 2.09. The normalized spacial score (nSPS) is 10.1. The van der Waals surface area contributed by atoms with Crippen molar-refractivity contribution in [3.05, 3.63) is 62.4 Å². The third kappa shape index (κ3) is 3.73. The molecule has 0 saturated heterocycles. The highest BCUT2D eigenvalue weighted by molar-refractivity contribution is 5.76. The molecule has 8 heteroatoms. The molecule has 0 atom stereocenters. The van der Waals surface area contributed by atoms with Gasteiger partial charge in [-0.15, -0.1) is 0 Å². The zero-order chi connectivity index (χ0) is 16.8. The van der Waals surface area contributed by atoms with Gasteiger partial charge < -0.3 is 14.5 Å². The topological polar surface area (TPSA) is 107 Å². The predicted octanol–water partition coefficient (Wildman–Crippen LogP) is 0.101. The molecular weight excluding hydrogens is 304 g/mol. The highest BCUT2D eigenvalue weighted by Gasteiger charge is 2.17. The van der Waals surface area contributed by atoms with Crippen LogP contribution in [0.15, 0.2) is 39.9 Å². The van der Waals surface area contributed by atoms with E-state index < -0.39 is 23.8 Å². The molecule has 0 unspecified atom stereocenters. The number of nitrogens with one attached hydrogen (secondary N) is 1. The van der Waals surface area contributed by atoms with Crippen molar-refractivity contribution in [3.8, 4) is 5.75 Å². The van der Waals surface area contributed by atoms with Crippen LogP contribution in [0.25, 0.3) is 0 Å². The highest BCUT2D eigenvalue weighted by atomic mass is 16.5. The van der Waals surface area contributed by atoms with Gasteiger partial charge in [0.2, 0.25) is 5.75 Å². The molecule has 0 spiro atoms. The molecular formula is C15H14N2O6. The van der Waals surface area contributed by atoms with Crippen molar-refractivity contribution >= 4 is 12.3 Å². The lowest BCUT2D eigenvalue weighted by Gasteiger charge is -2.10. The molecule has 2 rings (SSSR count). The first kappa shape index (κ1) is 16.2. The Morgan fingerprint density at radius 2 is 1.96 bits per heavy atom. The lowest BCUT2D eigenvalue weighted by Crippen LogP contribution is -2.39. The van der Waals surface area contributed by atoms with Gasteiger partial charge in [-0.3, -0.25) is 14.4 Å². The first-order chi connectivity index (χ1) is 11.1. The number of methoxy groups -OCH3 is 1. The second-order valence-electron chi connectivity index (χ2n) is 4.53. The number of ether oxygens (including phenoxy) is 2. The van der Waals surface area contributed by atoms with Gasteiger partial charge in [-0.05, 0) is 5.56 Å². The van der Waals surface area contributed by atoms with Crippen molar-refractivity contribution in [1.29, 1.82) is 0 Å². The molecule has 8 nitrogen and oxygen atoms in total. The van der Waals surface area contributed by atoms with Gasteiger partial charge in [0.05, 0.1) is 7.11 Å². The van der Waals surface area contributed by atoms with E-state index in [1.807, 2.05) is 6.07 Å². The standard InChI is InChI=1S/C15H14N2O6/c1-22-12(19)7-17-14(20)13(11(8-18)16-15(17)21)23-9-10-5-3-2-4-6-10/h2-6,8H,7,9H2,1H3,(H,16,21). The summed E-state index contributed by atoms with van der Waals surface area (Å²) in [6, 6.07) is 8.96. The van der Waals surface area contributed by atoms with Gasteiger partial charge in [0.25, 0.3) is 5.56 Å². The number of hydrogen-bond donors (Lipinski definition) is 1. The summed E-state index contributed by atoms with van der Waals surface area (Å²) < 4.78 is 10.4. The molecule has 1 aromatic carbocycles. The van der Waals surface area contributed by atoms with Crippen LogP contribution in [0.2, 0.25) is 0 Å². The van der Waals surface area contributed by atoms with Crippen LogP contribution in [-0.2, 0) is 22.7 Å². The van der Waals surface area contributed by atoms with Crippen LogP contribution in [-0.4, -0.2) is 28.9 Å². The fourth-order valence-electron chi connectivity index (χ4n) is 1.86. The van der Waals surface area contributed by atoms with E-state index in [-0.39, 0.29) is 18.1 Å². The Morgan fingerprint density at radius 3 is 2.57 bits per heavy atom. The van der Waals surface area contributed by atoms with E-state index in [0.717, 1.165) is 12.7 Å². The Balaban J connectivity index is 2.38. The quantitative estimate of drug-likeness (QED) is 0.598. The van der Waals surface area contributed by atoms with Crippen LogP contribution < -0.4 is 16.0 Å². The van der Waals surface area contributed by atoms with Crippen molar-refractivity contribution < 1.29 is 19.1 Å². The zero-order valence-corrected chi connectivity index (χ0v) is 12.3. The second-order valence-corrected chi connectivity index (χ2v) is 4.53. The van der Waals surface area contributed by atoms with Crippen molar-refractivity contribution in [2.24, 2.45) is 0 Å². The maximum atomic E-state index is 12.3. The summed E-state index contributed by atoms with van der Waals surface area (Å²) in [6.45, 7) is -0.549. The molecule has 1 aromatic heterocycles. The summed E-state index contributed by atoms with van der Waals surface area (Å²) in [5.41, 5.74) is -1.28. The van der Waals surface area contributed by atoms with E-state index in [2.05, 4.69) is 9.72 Å². The predicted molar refractivity (Wildman–Crippen MR) is 79.5 cm³/mol. The van der Waals surface area contributed by atoms with E-state index in [4.69, 9.17) is 4.74 Å². The number of aromatic amines is 1. The van der Waals surface area contributed by atoms with E-state index in [0.29, 0.717) is 10.9 Å². The summed E-state index contributed by atoms with van der Waals surface area (Å²) in [6.07, 6.45) is 0.311. The number of hydrogen-bond acceptors (Lipinski definition) is 6. The summed E-state index contributed by atoms with van der Waals surface area (Å²) in [5, 5.41) is 0. The summed E-state index contributed by atoms with van der Waals surface area (Å²) in [7, 11) is 1.13. The number of aromatic nitrogens is 2. The number of carbonyl (C=O) groups is 2. The molecule has 0 fully saturated rings. The van der Waals surface area contributed by atoms with Gasteiger partial charge in [-0.1, -0.05) is 30.3 Å². The van der Waals surface area contributed by atoms with Crippen LogP contribution in [0.5, 0.6) is 5.75 Å². The van der Waals surface area contributed by atoms with Gasteiger partial charge in [0.15, 0.2) is 6.29 Å². The van der Waals surface area contributed by atoms with E-state index >= 15 is 0 Å². The molecule has 1 heterocycles. The third-order valence-electron chi connectivity index (χ3n) is 3.03. The van der Waals surface area contributed by atoms with Gasteiger partial charge >= 0.3 is 11.7 Å². The number of benzene rings is 1. The molecule has 2 aromatic rings. The van der Waals surface area contributed by atoms with Crippen LogP contribution in [0.1, 0.15) is 16.1 Å². The number of nitrogens with zero attached hydrogens (tertiary/aromatic N) is 1. The van der Waals surface area contributed by atoms with E-state index in [9.17, 15) is 19.2 Å². The van der Waals surface area contributed by atoms with Crippen LogP contribution in [0.3, 0.4) is 0 Å². The molecule has 0 aliphatic rings. The molecule has 0 aliphatic heterocycles. The fourth-order valence-corrected chi connectivity index (χ4v) is 1.86. The van der Waals surface area contributed by atoms with Crippen molar-refractivity contribution in [1.82, 2.24) is 9.55 Å². The minimum Gasteiger partial charge on any atom is -0.481 e. The number of aldehydes is 1. The SMILES string of the molecule is COC(=O)Cn1c(=O)[nH]c(C=O)c(OCc2ccccc2)c1=O. The molecule has 0 aliphatic carbocycles. The van der Waals surface area contributed by atoms with Gasteiger partial charge in [-0.25, -0.2) is 9.36 Å². The fraction of sp³-hybridized carbons (Fsp3) is 0.200. The van der Waals surface area contributed by atoms with E-state index in [1.54, 1.807) is 24.3 Å². The largest absolute Gasteiger partial charge is 0.481 e. The Kier molecular flexibility index (Phi) is 5.08. The lowest BCUT2D eigenvalue weighted by atomic mass is 10.2. The van der Waals surface area contributed by atoms with Gasteiger partial charge in [0, 0.05) is 0 Å². The molecule has 0 amide bonds. The molecule has 23 heavy (non-hydrogen) atoms. The molecule has 0 radical (unpaired) electrons. The maximum Gasteiger partial charge on any atom is 0.329 e. The number of esters is 1. The zero-order valence-electron chi connectivity index (χ0n) is 12.3. The summed E-state index contributed by atoms with van der Waals surface area (Å²) >= 11 is 0. The van der Waals surface area contributed by atoms with Crippen molar-refractivity contribution in [2.45, 2.75) is 13.2 Å². The molecule has 1 N–H and O–H groups in total. The summed E-state index contributed by atoms with van der Waals surface area (Å²) in [4.78, 5) is 48.6. The Hall–Kier alpha value is -3.16. The Labute approximate surface area is 130 Å². The number of carbonyl (C=O) groups excluding carboxylic acids is 2. The van der Waals surface area contributed by atoms with Crippen LogP contribution in [0, 0.1) is 0 Å². The van der Waals surface area contributed by atoms with Crippen molar-refractivity contribution in [3.63, 3.8) is 0 Å². The van der Waals surface area contributed by atoms with E-state index in [1.165, 1.54) is 0 Å². The average molecular weight is 318 g/mol. The second kappa shape index (κ2) is 7.21. The number of H-pyrrole nitrogens is 1. The smallest absolute Gasteiger partial charge is 0.329 e. The minimum absolute atomic E-state index is 0.0290. The Morgan fingerprint density at radius 1 is 1.26 bits per heavy atom. The first-order valence-corrected chi connectivity index (χ1v) is 6.62. The van der Waals surface area contributed by atoms with Crippen LogP contribution in [0.4, 0.5) is 0 Å². The first-order valence-electron chi connectivity index (χ1n) is 6.62. The van der Waals surface area contributed by atoms with Gasteiger partial charge in [-0.2, -0.15) is 0 Å². The lowest BCUT2D eigenvalue weighted by molar-refractivity contribution is -0.141. The summed E-state index contributed by atoms with van der Waals surface area (Å²) in [5.74, 6) is -1.10. The van der Waals surface area contributed by atoms with Gasteiger partial charge in [0.1, 0.15) is 18.8 Å². The Bertz CT molecular complexity index is 822. The monoisotopic (exact) mass is 318 g/mol.